The van der Waals surface area contributed by atoms with Gasteiger partial charge in [0.2, 0.25) is 0 Å². The van der Waals surface area contributed by atoms with Gasteiger partial charge in [0, 0.05) is 71.8 Å². The van der Waals surface area contributed by atoms with Crippen LogP contribution < -0.4 is 16.0 Å². The number of hydrogen-bond acceptors (Lipinski definition) is 9. The average Bonchev–Trinajstić information content (AvgIpc) is 3.08. The van der Waals surface area contributed by atoms with Crippen molar-refractivity contribution >= 4 is 0 Å². The lowest BCUT2D eigenvalue weighted by atomic mass is 9.76. The number of rotatable bonds is 1. The Morgan fingerprint density at radius 1 is 0.381 bits per heavy atom. The highest BCUT2D eigenvalue weighted by molar-refractivity contribution is 5.10. The average molecular weight is 594 g/mol. The standard InChI is InChI=1S/C33H59N3O6/c1-25(2)15-31(16-26(3,4)34-25)37-13-21(39-31)24-23-22(40-33(42-24)19-29(9,10)36-30(11,12)20-33)14-38-32(41-23)17-27(5,6)35-28(7,8)18-32/h21-24,34-36H,13-20H2,1-12H3. The van der Waals surface area contributed by atoms with Gasteiger partial charge in [-0.1, -0.05) is 0 Å². The van der Waals surface area contributed by atoms with E-state index < -0.39 is 17.4 Å². The third-order valence-electron chi connectivity index (χ3n) is 9.81. The van der Waals surface area contributed by atoms with Crippen molar-refractivity contribution in [1.82, 2.24) is 16.0 Å². The zero-order valence-electron chi connectivity index (χ0n) is 28.4. The van der Waals surface area contributed by atoms with E-state index in [0.717, 1.165) is 38.5 Å². The molecule has 6 saturated heterocycles. The van der Waals surface area contributed by atoms with Crippen molar-refractivity contribution in [2.45, 2.75) is 197 Å². The summed E-state index contributed by atoms with van der Waals surface area (Å²) in [6, 6.07) is 0. The molecule has 0 saturated carbocycles. The van der Waals surface area contributed by atoms with Gasteiger partial charge in [-0.25, -0.2) is 0 Å². The number of hydrogen-bond donors (Lipinski definition) is 3. The van der Waals surface area contributed by atoms with Crippen molar-refractivity contribution in [2.24, 2.45) is 0 Å². The predicted octanol–water partition coefficient (Wildman–Crippen LogP) is 4.51. The molecule has 0 amide bonds. The van der Waals surface area contributed by atoms with Gasteiger partial charge in [-0.3, -0.25) is 0 Å². The second kappa shape index (κ2) is 9.35. The van der Waals surface area contributed by atoms with Crippen LogP contribution in [0.3, 0.4) is 0 Å². The summed E-state index contributed by atoms with van der Waals surface area (Å²) in [7, 11) is 0. The smallest absolute Gasteiger partial charge is 0.173 e. The normalized spacial score (nSPS) is 41.4. The van der Waals surface area contributed by atoms with E-state index in [1.165, 1.54) is 0 Å². The molecule has 0 radical (unpaired) electrons. The molecule has 0 aromatic heterocycles. The molecule has 6 aliphatic heterocycles. The number of fused-ring (bicyclic) bond motifs is 1. The Labute approximate surface area is 254 Å². The van der Waals surface area contributed by atoms with Crippen LogP contribution >= 0.6 is 0 Å². The molecule has 0 aromatic rings. The first-order valence-corrected chi connectivity index (χ1v) is 16.3. The largest absolute Gasteiger partial charge is 0.347 e. The van der Waals surface area contributed by atoms with Crippen LogP contribution in [0, 0.1) is 0 Å². The van der Waals surface area contributed by atoms with Crippen LogP contribution in [0.15, 0.2) is 0 Å². The zero-order chi connectivity index (χ0) is 30.8. The van der Waals surface area contributed by atoms with Gasteiger partial charge in [-0.2, -0.15) is 0 Å². The highest BCUT2D eigenvalue weighted by Gasteiger charge is 2.64. The topological polar surface area (TPSA) is 91.5 Å². The van der Waals surface area contributed by atoms with E-state index in [0.29, 0.717) is 13.2 Å². The Bertz CT molecular complexity index is 1020. The van der Waals surface area contributed by atoms with E-state index in [4.69, 9.17) is 28.4 Å². The zero-order valence-corrected chi connectivity index (χ0v) is 28.4. The lowest BCUT2D eigenvalue weighted by Crippen LogP contribution is -2.74. The summed E-state index contributed by atoms with van der Waals surface area (Å²) in [4.78, 5) is 0. The molecule has 9 nitrogen and oxygen atoms in total. The van der Waals surface area contributed by atoms with E-state index in [1.54, 1.807) is 0 Å². The minimum atomic E-state index is -0.778. The number of piperidine rings is 3. The molecule has 0 bridgehead atoms. The Morgan fingerprint density at radius 3 is 1.00 bits per heavy atom. The molecule has 4 atom stereocenters. The maximum atomic E-state index is 7.24. The van der Waals surface area contributed by atoms with Crippen LogP contribution in [0.25, 0.3) is 0 Å². The third-order valence-corrected chi connectivity index (χ3v) is 9.81. The van der Waals surface area contributed by atoms with Crippen molar-refractivity contribution < 1.29 is 28.4 Å². The summed E-state index contributed by atoms with van der Waals surface area (Å²) in [5.41, 5.74) is -0.868. The van der Waals surface area contributed by atoms with Gasteiger partial charge in [0.05, 0.1) is 13.2 Å². The van der Waals surface area contributed by atoms with E-state index in [2.05, 4.69) is 99.0 Å². The van der Waals surface area contributed by atoms with Crippen molar-refractivity contribution in [1.29, 1.82) is 0 Å². The minimum Gasteiger partial charge on any atom is -0.347 e. The molecule has 4 unspecified atom stereocenters. The van der Waals surface area contributed by atoms with Gasteiger partial charge in [0.15, 0.2) is 17.4 Å². The van der Waals surface area contributed by atoms with Crippen LogP contribution in [0.2, 0.25) is 0 Å². The highest BCUT2D eigenvalue weighted by atomic mass is 16.8. The fraction of sp³-hybridized carbons (Fsp3) is 1.00. The SMILES string of the molecule is CC1(C)CC2(CC(C)(C)N1)OCC(C1OC3(CC(C)(C)NC(C)(C)C3)OC3COC4(CC(C)(C)NC(C)(C)C4)OC31)O2. The summed E-state index contributed by atoms with van der Waals surface area (Å²) >= 11 is 0. The molecule has 6 aliphatic rings. The molecule has 6 fully saturated rings. The molecule has 6 heterocycles. The highest BCUT2D eigenvalue weighted by Crippen LogP contribution is 2.52. The molecule has 9 heteroatoms. The first-order chi connectivity index (χ1) is 18.9. The van der Waals surface area contributed by atoms with Gasteiger partial charge in [-0.05, 0) is 83.1 Å². The molecule has 42 heavy (non-hydrogen) atoms. The van der Waals surface area contributed by atoms with Crippen molar-refractivity contribution in [3.63, 3.8) is 0 Å². The van der Waals surface area contributed by atoms with Crippen LogP contribution in [0.4, 0.5) is 0 Å². The Kier molecular flexibility index (Phi) is 7.04. The first kappa shape index (κ1) is 31.6. The lowest BCUT2D eigenvalue weighted by Gasteiger charge is -2.61. The molecular formula is C33H59N3O6. The number of ether oxygens (including phenoxy) is 6. The Morgan fingerprint density at radius 2 is 0.643 bits per heavy atom. The van der Waals surface area contributed by atoms with E-state index >= 15 is 0 Å². The van der Waals surface area contributed by atoms with Crippen LogP contribution in [-0.4, -0.2) is 88.2 Å². The first-order valence-electron chi connectivity index (χ1n) is 16.3. The molecule has 3 spiro atoms. The predicted molar refractivity (Wildman–Crippen MR) is 161 cm³/mol. The maximum Gasteiger partial charge on any atom is 0.173 e. The third kappa shape index (κ3) is 6.21. The molecule has 0 aromatic carbocycles. The fourth-order valence-corrected chi connectivity index (χ4v) is 10.5. The monoisotopic (exact) mass is 593 g/mol. The summed E-state index contributed by atoms with van der Waals surface area (Å²) < 4.78 is 41.8. The van der Waals surface area contributed by atoms with Gasteiger partial charge in [-0.15, -0.1) is 0 Å². The van der Waals surface area contributed by atoms with Crippen LogP contribution in [-0.2, 0) is 28.4 Å². The molecule has 242 valence electrons. The minimum absolute atomic E-state index is 0.120. The van der Waals surface area contributed by atoms with Crippen LogP contribution in [0.5, 0.6) is 0 Å². The Balaban J connectivity index is 1.34. The molecular weight excluding hydrogens is 534 g/mol. The van der Waals surface area contributed by atoms with Gasteiger partial charge >= 0.3 is 0 Å². The Hall–Kier alpha value is -0.360. The fourth-order valence-electron chi connectivity index (χ4n) is 10.5. The van der Waals surface area contributed by atoms with E-state index in [-0.39, 0.29) is 57.6 Å². The van der Waals surface area contributed by atoms with Crippen molar-refractivity contribution in [3.05, 3.63) is 0 Å². The quantitative estimate of drug-likeness (QED) is 0.406. The molecule has 6 rings (SSSR count). The second-order valence-electron chi connectivity index (χ2n) is 18.6. The maximum absolute atomic E-state index is 7.24. The number of nitrogens with one attached hydrogen (secondary N) is 3. The van der Waals surface area contributed by atoms with E-state index in [1.807, 2.05) is 0 Å². The summed E-state index contributed by atoms with van der Waals surface area (Å²) in [5, 5.41) is 11.4. The van der Waals surface area contributed by atoms with E-state index in [9.17, 15) is 0 Å². The second-order valence-corrected chi connectivity index (χ2v) is 18.6. The molecule has 0 aliphatic carbocycles. The van der Waals surface area contributed by atoms with Crippen molar-refractivity contribution in [2.75, 3.05) is 13.2 Å². The van der Waals surface area contributed by atoms with Crippen LogP contribution in [0.1, 0.15) is 122 Å². The van der Waals surface area contributed by atoms with Crippen molar-refractivity contribution in [3.8, 4) is 0 Å². The summed E-state index contributed by atoms with van der Waals surface area (Å²) in [6.07, 6.45) is 3.26. The van der Waals surface area contributed by atoms with Gasteiger partial charge < -0.3 is 44.4 Å². The lowest BCUT2D eigenvalue weighted by molar-refractivity contribution is -0.443. The van der Waals surface area contributed by atoms with Gasteiger partial charge in [0.1, 0.15) is 24.4 Å². The molecule has 3 N–H and O–H groups in total. The van der Waals surface area contributed by atoms with Gasteiger partial charge in [0.25, 0.3) is 0 Å². The summed E-state index contributed by atoms with van der Waals surface area (Å²) in [6.45, 7) is 27.7. The summed E-state index contributed by atoms with van der Waals surface area (Å²) in [5.74, 6) is -2.17.